The lowest BCUT2D eigenvalue weighted by molar-refractivity contribution is -0.138. The van der Waals surface area contributed by atoms with E-state index in [1.165, 1.54) is 12.1 Å². The molecule has 0 spiro atoms. The zero-order chi connectivity index (χ0) is 26.9. The van der Waals surface area contributed by atoms with Gasteiger partial charge in [0.2, 0.25) is 0 Å². The highest BCUT2D eigenvalue weighted by Gasteiger charge is 2.35. The van der Waals surface area contributed by atoms with Crippen LogP contribution in [-0.4, -0.2) is 55.1 Å². The fourth-order valence-corrected chi connectivity index (χ4v) is 5.38. The molecule has 10 heteroatoms. The molecule has 3 aromatic rings. The molecular weight excluding hydrogens is 515 g/mol. The maximum absolute atomic E-state index is 13.8. The number of amides is 1. The third-order valence-electron chi connectivity index (χ3n) is 7.17. The van der Waals surface area contributed by atoms with E-state index in [-0.39, 0.29) is 29.1 Å². The minimum Gasteiger partial charge on any atom is -0.367 e. The number of anilines is 3. The van der Waals surface area contributed by atoms with Crippen LogP contribution in [-0.2, 0) is 12.7 Å². The van der Waals surface area contributed by atoms with E-state index in [0.29, 0.717) is 35.8 Å². The number of carbonyl (C=O) groups is 1. The SMILES string of the molecule is CN1CCC(N(C(=O)c2ccccc2)c2cnc3c(c2)N(Cc2cc(Cl)ccc2C(F)(F)F)CCN3)CC1. The van der Waals surface area contributed by atoms with Gasteiger partial charge in [-0.1, -0.05) is 29.8 Å². The highest BCUT2D eigenvalue weighted by molar-refractivity contribution is 6.30. The molecule has 200 valence electrons. The number of nitrogens with one attached hydrogen (secondary N) is 1. The Hall–Kier alpha value is -3.30. The molecule has 1 aromatic heterocycles. The van der Waals surface area contributed by atoms with Crippen LogP contribution in [0, 0.1) is 0 Å². The highest BCUT2D eigenvalue weighted by atomic mass is 35.5. The molecule has 1 amide bonds. The summed E-state index contributed by atoms with van der Waals surface area (Å²) in [5.41, 5.74) is 1.24. The number of alkyl halides is 3. The maximum Gasteiger partial charge on any atom is 0.416 e. The molecule has 0 bridgehead atoms. The van der Waals surface area contributed by atoms with Crippen molar-refractivity contribution in [3.05, 3.63) is 82.5 Å². The Kier molecular flexibility index (Phi) is 7.49. The van der Waals surface area contributed by atoms with E-state index in [0.717, 1.165) is 32.0 Å². The Labute approximate surface area is 225 Å². The third kappa shape index (κ3) is 5.59. The summed E-state index contributed by atoms with van der Waals surface area (Å²) in [6, 6.07) is 14.6. The van der Waals surface area contributed by atoms with Crippen molar-refractivity contribution in [2.24, 2.45) is 0 Å². The lowest BCUT2D eigenvalue weighted by Crippen LogP contribution is -2.47. The summed E-state index contributed by atoms with van der Waals surface area (Å²) in [4.78, 5) is 24.3. The van der Waals surface area contributed by atoms with Crippen LogP contribution >= 0.6 is 11.6 Å². The number of rotatable bonds is 5. The van der Waals surface area contributed by atoms with Gasteiger partial charge >= 0.3 is 6.18 Å². The summed E-state index contributed by atoms with van der Waals surface area (Å²) in [6.07, 6.45) is -1.20. The number of halogens is 4. The largest absolute Gasteiger partial charge is 0.416 e. The number of pyridine rings is 1. The predicted molar refractivity (Wildman–Crippen MR) is 144 cm³/mol. The van der Waals surface area contributed by atoms with Crippen LogP contribution in [0.2, 0.25) is 5.02 Å². The molecule has 1 saturated heterocycles. The molecule has 2 aliphatic rings. The molecule has 5 rings (SSSR count). The van der Waals surface area contributed by atoms with Gasteiger partial charge in [0.15, 0.2) is 0 Å². The van der Waals surface area contributed by atoms with Gasteiger partial charge in [-0.3, -0.25) is 4.79 Å². The Morgan fingerprint density at radius 3 is 2.55 bits per heavy atom. The van der Waals surface area contributed by atoms with Crippen molar-refractivity contribution in [2.75, 3.05) is 48.3 Å². The van der Waals surface area contributed by atoms with E-state index in [1.54, 1.807) is 18.3 Å². The van der Waals surface area contributed by atoms with Gasteiger partial charge in [0.1, 0.15) is 5.82 Å². The average Bonchev–Trinajstić information content (AvgIpc) is 2.90. The van der Waals surface area contributed by atoms with Crippen molar-refractivity contribution in [1.29, 1.82) is 0 Å². The lowest BCUT2D eigenvalue weighted by atomic mass is 10.0. The number of aromatic nitrogens is 1. The van der Waals surface area contributed by atoms with Crippen LogP contribution in [0.25, 0.3) is 0 Å². The first-order valence-electron chi connectivity index (χ1n) is 12.6. The first-order valence-corrected chi connectivity index (χ1v) is 13.0. The fourth-order valence-electron chi connectivity index (χ4n) is 5.19. The highest BCUT2D eigenvalue weighted by Crippen LogP contribution is 2.38. The number of carbonyl (C=O) groups excluding carboxylic acids is 1. The van der Waals surface area contributed by atoms with E-state index < -0.39 is 11.7 Å². The topological polar surface area (TPSA) is 51.7 Å². The van der Waals surface area contributed by atoms with Crippen molar-refractivity contribution in [2.45, 2.75) is 31.6 Å². The van der Waals surface area contributed by atoms with E-state index in [4.69, 9.17) is 11.6 Å². The van der Waals surface area contributed by atoms with Gasteiger partial charge in [-0.25, -0.2) is 4.98 Å². The zero-order valence-electron chi connectivity index (χ0n) is 21.0. The first-order chi connectivity index (χ1) is 18.2. The molecule has 2 aromatic carbocycles. The summed E-state index contributed by atoms with van der Waals surface area (Å²) in [5, 5.41) is 3.48. The number of benzene rings is 2. The van der Waals surface area contributed by atoms with Crippen LogP contribution < -0.4 is 15.1 Å². The van der Waals surface area contributed by atoms with Crippen LogP contribution in [0.1, 0.15) is 34.3 Å². The molecule has 1 fully saturated rings. The first kappa shape index (κ1) is 26.3. The Balaban J connectivity index is 1.52. The molecule has 0 saturated carbocycles. The van der Waals surface area contributed by atoms with Crippen molar-refractivity contribution in [1.82, 2.24) is 9.88 Å². The Bertz CT molecular complexity index is 1300. The normalized spacial score (nSPS) is 16.6. The van der Waals surface area contributed by atoms with Gasteiger partial charge in [-0.15, -0.1) is 0 Å². The maximum atomic E-state index is 13.8. The third-order valence-corrected chi connectivity index (χ3v) is 7.41. The minimum absolute atomic E-state index is 0.00999. The molecule has 0 unspecified atom stereocenters. The molecule has 1 N–H and O–H groups in total. The molecule has 6 nitrogen and oxygen atoms in total. The van der Waals surface area contributed by atoms with Gasteiger partial charge in [-0.05, 0) is 74.9 Å². The number of likely N-dealkylation sites (tertiary alicyclic amines) is 1. The van der Waals surface area contributed by atoms with E-state index in [1.807, 2.05) is 34.1 Å². The molecule has 0 aliphatic carbocycles. The molecular formula is C28H29ClF3N5O. The summed E-state index contributed by atoms with van der Waals surface area (Å²) in [5.74, 6) is 0.456. The van der Waals surface area contributed by atoms with Crippen LogP contribution in [0.15, 0.2) is 60.8 Å². The van der Waals surface area contributed by atoms with Gasteiger partial charge in [0.05, 0.1) is 23.1 Å². The molecule has 2 aliphatic heterocycles. The van der Waals surface area contributed by atoms with Gasteiger partial charge in [0.25, 0.3) is 5.91 Å². The van der Waals surface area contributed by atoms with Crippen molar-refractivity contribution < 1.29 is 18.0 Å². The number of hydrogen-bond acceptors (Lipinski definition) is 5. The average molecular weight is 544 g/mol. The molecule has 38 heavy (non-hydrogen) atoms. The fraction of sp³-hybridized carbons (Fsp3) is 0.357. The standard InChI is InChI=1S/C28H29ClF3N5O/c1-35-12-9-22(10-13-35)37(27(38)19-5-3-2-4-6-19)23-16-25-26(34-17-23)33-11-14-36(25)18-20-15-21(29)7-8-24(20)28(30,31)32/h2-8,15-17,22H,9-14,18H2,1H3,(H,33,34). The van der Waals surface area contributed by atoms with Gasteiger partial charge < -0.3 is 20.0 Å². The van der Waals surface area contributed by atoms with Crippen LogP contribution in [0.5, 0.6) is 0 Å². The molecule has 0 radical (unpaired) electrons. The predicted octanol–water partition coefficient (Wildman–Crippen LogP) is 5.93. The van der Waals surface area contributed by atoms with Gasteiger partial charge in [0, 0.05) is 36.3 Å². The van der Waals surface area contributed by atoms with Crippen LogP contribution in [0.3, 0.4) is 0 Å². The molecule has 0 atom stereocenters. The Morgan fingerprint density at radius 2 is 1.84 bits per heavy atom. The number of hydrogen-bond donors (Lipinski definition) is 1. The number of fused-ring (bicyclic) bond motifs is 1. The second kappa shape index (κ2) is 10.8. The van der Waals surface area contributed by atoms with Crippen molar-refractivity contribution >= 4 is 34.7 Å². The minimum atomic E-state index is -4.50. The van der Waals surface area contributed by atoms with E-state index in [2.05, 4.69) is 22.2 Å². The summed E-state index contributed by atoms with van der Waals surface area (Å²) < 4.78 is 41.2. The zero-order valence-corrected chi connectivity index (χ0v) is 21.8. The molecule has 3 heterocycles. The van der Waals surface area contributed by atoms with E-state index >= 15 is 0 Å². The Morgan fingerprint density at radius 1 is 1.11 bits per heavy atom. The van der Waals surface area contributed by atoms with Crippen LogP contribution in [0.4, 0.5) is 30.4 Å². The van der Waals surface area contributed by atoms with Crippen molar-refractivity contribution in [3.8, 4) is 0 Å². The number of piperidine rings is 1. The lowest BCUT2D eigenvalue weighted by Gasteiger charge is -2.38. The monoisotopic (exact) mass is 543 g/mol. The van der Waals surface area contributed by atoms with E-state index in [9.17, 15) is 18.0 Å². The van der Waals surface area contributed by atoms with Crippen molar-refractivity contribution in [3.63, 3.8) is 0 Å². The second-order valence-corrected chi connectivity index (χ2v) is 10.2. The summed E-state index contributed by atoms with van der Waals surface area (Å²) in [7, 11) is 2.06. The number of nitrogens with zero attached hydrogens (tertiary/aromatic N) is 4. The van der Waals surface area contributed by atoms with Gasteiger partial charge in [-0.2, -0.15) is 13.2 Å². The quantitative estimate of drug-likeness (QED) is 0.432. The summed E-state index contributed by atoms with van der Waals surface area (Å²) in [6.45, 7) is 2.75. The second-order valence-electron chi connectivity index (χ2n) is 9.78. The summed E-state index contributed by atoms with van der Waals surface area (Å²) >= 11 is 6.08. The smallest absolute Gasteiger partial charge is 0.367 e.